The van der Waals surface area contributed by atoms with E-state index in [2.05, 4.69) is 16.0 Å². The van der Waals surface area contributed by atoms with E-state index in [4.69, 9.17) is 22.1 Å². The lowest BCUT2D eigenvalue weighted by atomic mass is 10.1. The molecule has 7 nitrogen and oxygen atoms in total. The van der Waals surface area contributed by atoms with Crippen LogP contribution in [0.3, 0.4) is 0 Å². The van der Waals surface area contributed by atoms with E-state index in [0.717, 1.165) is 6.42 Å². The van der Waals surface area contributed by atoms with E-state index in [9.17, 15) is 9.59 Å². The van der Waals surface area contributed by atoms with Crippen molar-refractivity contribution in [2.45, 2.75) is 13.3 Å². The van der Waals surface area contributed by atoms with Crippen LogP contribution in [0, 0.1) is 0 Å². The van der Waals surface area contributed by atoms with Gasteiger partial charge in [-0.15, -0.1) is 0 Å². The van der Waals surface area contributed by atoms with Gasteiger partial charge in [0.25, 0.3) is 5.91 Å². The summed E-state index contributed by atoms with van der Waals surface area (Å²) in [6.45, 7) is 2.73. The molecule has 0 aliphatic rings. The lowest BCUT2D eigenvalue weighted by molar-refractivity contribution is 0.100. The van der Waals surface area contributed by atoms with Gasteiger partial charge in [0.15, 0.2) is 0 Å². The van der Waals surface area contributed by atoms with E-state index < -0.39 is 11.9 Å². The second-order valence-corrected chi connectivity index (χ2v) is 5.91. The molecule has 26 heavy (non-hydrogen) atoms. The first-order valence-electron chi connectivity index (χ1n) is 8.04. The van der Waals surface area contributed by atoms with Crippen molar-refractivity contribution in [1.29, 1.82) is 0 Å². The number of nitrogens with two attached hydrogens (primary N) is 1. The van der Waals surface area contributed by atoms with Crippen LogP contribution in [0.5, 0.6) is 5.75 Å². The standard InChI is InChI=1S/C18H21ClN4O3/c1-3-8-21-14-6-5-12(10-13(14)17(20)24)22-18(25)23-15-9-11(19)4-7-16(15)26-2/h4-7,9-10,21H,3,8H2,1-2H3,(H2,20,24)(H2,22,23,25). The summed E-state index contributed by atoms with van der Waals surface area (Å²) in [5.74, 6) is -0.106. The summed E-state index contributed by atoms with van der Waals surface area (Å²) in [6, 6.07) is 9.28. The van der Waals surface area contributed by atoms with Crippen LogP contribution < -0.4 is 26.4 Å². The molecule has 0 fully saturated rings. The highest BCUT2D eigenvalue weighted by atomic mass is 35.5. The first-order valence-corrected chi connectivity index (χ1v) is 8.41. The predicted octanol–water partition coefficient (Wildman–Crippen LogP) is 3.91. The summed E-state index contributed by atoms with van der Waals surface area (Å²) >= 11 is 5.95. The average Bonchev–Trinajstić information content (AvgIpc) is 2.60. The first-order chi connectivity index (χ1) is 12.4. The number of urea groups is 1. The fourth-order valence-electron chi connectivity index (χ4n) is 2.30. The average molecular weight is 377 g/mol. The molecule has 0 spiro atoms. The van der Waals surface area contributed by atoms with Gasteiger partial charge in [0.05, 0.1) is 18.4 Å². The summed E-state index contributed by atoms with van der Waals surface area (Å²) in [4.78, 5) is 23.9. The Morgan fingerprint density at radius 3 is 2.54 bits per heavy atom. The van der Waals surface area contributed by atoms with Crippen molar-refractivity contribution in [3.05, 3.63) is 47.0 Å². The number of benzene rings is 2. The maximum Gasteiger partial charge on any atom is 0.323 e. The SMILES string of the molecule is CCCNc1ccc(NC(=O)Nc2cc(Cl)ccc2OC)cc1C(N)=O. The van der Waals surface area contributed by atoms with Gasteiger partial charge in [-0.2, -0.15) is 0 Å². The third kappa shape index (κ3) is 5.03. The molecule has 0 heterocycles. The Kier molecular flexibility index (Phi) is 6.68. The molecule has 2 rings (SSSR count). The van der Waals surface area contributed by atoms with Gasteiger partial charge in [-0.3, -0.25) is 4.79 Å². The maximum absolute atomic E-state index is 12.2. The van der Waals surface area contributed by atoms with E-state index in [1.165, 1.54) is 13.2 Å². The number of nitrogens with one attached hydrogen (secondary N) is 3. The van der Waals surface area contributed by atoms with E-state index in [1.807, 2.05) is 6.92 Å². The number of hydrogen-bond donors (Lipinski definition) is 4. The highest BCUT2D eigenvalue weighted by Gasteiger charge is 2.12. The van der Waals surface area contributed by atoms with Crippen LogP contribution in [-0.2, 0) is 0 Å². The molecule has 0 bridgehead atoms. The largest absolute Gasteiger partial charge is 0.495 e. The molecule has 0 aliphatic heterocycles. The van der Waals surface area contributed by atoms with Crippen LogP contribution in [0.2, 0.25) is 5.02 Å². The highest BCUT2D eigenvalue weighted by Crippen LogP contribution is 2.28. The molecule has 0 unspecified atom stereocenters. The number of methoxy groups -OCH3 is 1. The second kappa shape index (κ2) is 8.96. The summed E-state index contributed by atoms with van der Waals surface area (Å²) in [5, 5.41) is 8.90. The summed E-state index contributed by atoms with van der Waals surface area (Å²) in [5.41, 5.74) is 7.21. The number of carbonyl (C=O) groups is 2. The topological polar surface area (TPSA) is 105 Å². The number of ether oxygens (including phenoxy) is 1. The smallest absolute Gasteiger partial charge is 0.323 e. The highest BCUT2D eigenvalue weighted by molar-refractivity contribution is 6.31. The van der Waals surface area contributed by atoms with Crippen LogP contribution in [0.15, 0.2) is 36.4 Å². The molecule has 138 valence electrons. The molecule has 8 heteroatoms. The van der Waals surface area contributed by atoms with Crippen LogP contribution in [0.4, 0.5) is 21.9 Å². The van der Waals surface area contributed by atoms with Crippen LogP contribution in [-0.4, -0.2) is 25.6 Å². The Morgan fingerprint density at radius 1 is 1.12 bits per heavy atom. The minimum Gasteiger partial charge on any atom is -0.495 e. The predicted molar refractivity (Wildman–Crippen MR) is 104 cm³/mol. The van der Waals surface area contributed by atoms with Crippen molar-refractivity contribution in [2.75, 3.05) is 29.6 Å². The Bertz CT molecular complexity index is 811. The number of halogens is 1. The first kappa shape index (κ1) is 19.4. The molecular formula is C18H21ClN4O3. The van der Waals surface area contributed by atoms with E-state index in [1.54, 1.807) is 30.3 Å². The Labute approximate surface area is 156 Å². The van der Waals surface area contributed by atoms with Gasteiger partial charge in [-0.05, 0) is 42.8 Å². The van der Waals surface area contributed by atoms with Gasteiger partial charge in [-0.25, -0.2) is 4.79 Å². The molecule has 0 radical (unpaired) electrons. The Hall–Kier alpha value is -2.93. The van der Waals surface area contributed by atoms with Gasteiger partial charge in [0, 0.05) is 22.9 Å². The minimum atomic E-state index is -0.579. The summed E-state index contributed by atoms with van der Waals surface area (Å²) in [6.07, 6.45) is 0.905. The Balaban J connectivity index is 2.15. The Morgan fingerprint density at radius 2 is 1.88 bits per heavy atom. The van der Waals surface area contributed by atoms with Gasteiger partial charge in [0.1, 0.15) is 5.75 Å². The molecule has 0 aliphatic carbocycles. The molecular weight excluding hydrogens is 356 g/mol. The molecule has 0 atom stereocenters. The fraction of sp³-hybridized carbons (Fsp3) is 0.222. The zero-order valence-electron chi connectivity index (χ0n) is 14.6. The zero-order chi connectivity index (χ0) is 19.1. The van der Waals surface area contributed by atoms with Gasteiger partial charge < -0.3 is 26.4 Å². The third-order valence-corrected chi connectivity index (χ3v) is 3.75. The zero-order valence-corrected chi connectivity index (χ0v) is 15.3. The number of carbonyl (C=O) groups excluding carboxylic acids is 2. The van der Waals surface area contributed by atoms with Crippen molar-refractivity contribution in [2.24, 2.45) is 5.73 Å². The molecule has 3 amide bonds. The molecule has 2 aromatic carbocycles. The number of primary amides is 1. The van der Waals surface area contributed by atoms with Crippen molar-refractivity contribution in [1.82, 2.24) is 0 Å². The number of rotatable bonds is 7. The van der Waals surface area contributed by atoms with Crippen LogP contribution in [0.25, 0.3) is 0 Å². The lowest BCUT2D eigenvalue weighted by Gasteiger charge is -2.14. The van der Waals surface area contributed by atoms with Crippen molar-refractivity contribution in [3.8, 4) is 5.75 Å². The van der Waals surface area contributed by atoms with E-state index in [0.29, 0.717) is 39.9 Å². The number of amides is 3. The van der Waals surface area contributed by atoms with Crippen molar-refractivity contribution >= 4 is 40.6 Å². The van der Waals surface area contributed by atoms with Gasteiger partial charge >= 0.3 is 6.03 Å². The molecule has 0 saturated heterocycles. The van der Waals surface area contributed by atoms with E-state index in [-0.39, 0.29) is 0 Å². The van der Waals surface area contributed by atoms with Crippen molar-refractivity contribution < 1.29 is 14.3 Å². The normalized spacial score (nSPS) is 10.1. The van der Waals surface area contributed by atoms with Crippen LogP contribution >= 0.6 is 11.6 Å². The summed E-state index contributed by atoms with van der Waals surface area (Å²) in [7, 11) is 1.49. The minimum absolute atomic E-state index is 0.302. The fourth-order valence-corrected chi connectivity index (χ4v) is 2.47. The lowest BCUT2D eigenvalue weighted by Crippen LogP contribution is -2.21. The molecule has 0 saturated carbocycles. The second-order valence-electron chi connectivity index (χ2n) is 5.48. The quantitative estimate of drug-likeness (QED) is 0.587. The number of anilines is 3. The summed E-state index contributed by atoms with van der Waals surface area (Å²) < 4.78 is 5.18. The van der Waals surface area contributed by atoms with Gasteiger partial charge in [-0.1, -0.05) is 18.5 Å². The number of hydrogen-bond acceptors (Lipinski definition) is 4. The monoisotopic (exact) mass is 376 g/mol. The van der Waals surface area contributed by atoms with E-state index >= 15 is 0 Å². The van der Waals surface area contributed by atoms with Crippen LogP contribution in [0.1, 0.15) is 23.7 Å². The maximum atomic E-state index is 12.2. The van der Waals surface area contributed by atoms with Crippen molar-refractivity contribution in [3.63, 3.8) is 0 Å². The third-order valence-electron chi connectivity index (χ3n) is 3.52. The molecule has 0 aromatic heterocycles. The van der Waals surface area contributed by atoms with Gasteiger partial charge in [0.2, 0.25) is 0 Å². The molecule has 2 aromatic rings. The molecule has 5 N–H and O–H groups in total.